The molecule has 0 fully saturated rings. The lowest BCUT2D eigenvalue weighted by Gasteiger charge is -2.17. The van der Waals surface area contributed by atoms with Gasteiger partial charge in [0.05, 0.1) is 21.3 Å². The summed E-state index contributed by atoms with van der Waals surface area (Å²) in [7, 11) is 6.53. The molecule has 9 nitrogen and oxygen atoms in total. The van der Waals surface area contributed by atoms with Crippen molar-refractivity contribution in [3.8, 4) is 17.2 Å². The second-order valence-electron chi connectivity index (χ2n) is 5.64. The number of aryl methyl sites for hydroxylation is 1. The van der Waals surface area contributed by atoms with Crippen LogP contribution in [0.2, 0.25) is 0 Å². The van der Waals surface area contributed by atoms with Crippen LogP contribution in [0.25, 0.3) is 0 Å². The van der Waals surface area contributed by atoms with Crippen LogP contribution in [-0.4, -0.2) is 55.6 Å². The maximum atomic E-state index is 5.51. The maximum absolute atomic E-state index is 5.51. The van der Waals surface area contributed by atoms with Gasteiger partial charge in [-0.15, -0.1) is 34.2 Å². The van der Waals surface area contributed by atoms with Crippen molar-refractivity contribution in [3.63, 3.8) is 0 Å². The van der Waals surface area contributed by atoms with Gasteiger partial charge in [-0.05, 0) is 12.1 Å². The van der Waals surface area contributed by atoms with Crippen LogP contribution in [0.1, 0.15) is 18.3 Å². The number of benzene rings is 1. The number of hydrogen-bond acceptors (Lipinski definition) is 6. The number of ether oxygens (including phenoxy) is 3. The number of nitrogens with one attached hydrogen (secondary N) is 2. The summed E-state index contributed by atoms with van der Waals surface area (Å²) in [6, 6.07) is 3.79. The molecule has 0 unspecified atom stereocenters. The van der Waals surface area contributed by atoms with Gasteiger partial charge in [-0.3, -0.25) is 4.99 Å². The number of aliphatic imine (C=N–C) groups is 1. The predicted octanol–water partition coefficient (Wildman–Crippen LogP) is 1.85. The average molecular weight is 504 g/mol. The Balaban J connectivity index is 0.00000392. The summed E-state index contributed by atoms with van der Waals surface area (Å²) in [5.74, 6) is 3.49. The van der Waals surface area contributed by atoms with Gasteiger partial charge in [-0.2, -0.15) is 0 Å². The van der Waals surface area contributed by atoms with Crippen LogP contribution in [0.5, 0.6) is 17.2 Å². The molecule has 1 heterocycles. The van der Waals surface area contributed by atoms with E-state index in [4.69, 9.17) is 14.2 Å². The van der Waals surface area contributed by atoms with Crippen molar-refractivity contribution in [1.29, 1.82) is 0 Å². The molecule has 28 heavy (non-hydrogen) atoms. The standard InChI is InChI=1S/C18H28N6O3.HI/c1-6-15-23-22-12-24(15)10-9-20-18(19-2)21-11-13-7-8-14(25-3)17(27-5)16(13)26-4;/h7-8,12H,6,9-11H2,1-5H3,(H2,19,20,21);1H. The average Bonchev–Trinajstić information content (AvgIpc) is 3.16. The highest BCUT2D eigenvalue weighted by atomic mass is 127. The quantitative estimate of drug-likeness (QED) is 0.306. The monoisotopic (exact) mass is 504 g/mol. The van der Waals surface area contributed by atoms with Gasteiger partial charge in [0.15, 0.2) is 17.5 Å². The third-order valence-corrected chi connectivity index (χ3v) is 4.11. The van der Waals surface area contributed by atoms with Crippen LogP contribution in [-0.2, 0) is 19.5 Å². The fraction of sp³-hybridized carbons (Fsp3) is 0.500. The molecule has 10 heteroatoms. The predicted molar refractivity (Wildman–Crippen MR) is 119 cm³/mol. The second kappa shape index (κ2) is 12.3. The fourth-order valence-corrected chi connectivity index (χ4v) is 2.74. The van der Waals surface area contributed by atoms with Gasteiger partial charge < -0.3 is 29.4 Å². The van der Waals surface area contributed by atoms with Gasteiger partial charge in [0.25, 0.3) is 0 Å². The first-order chi connectivity index (χ1) is 13.2. The smallest absolute Gasteiger partial charge is 0.203 e. The van der Waals surface area contributed by atoms with Crippen LogP contribution in [0, 0.1) is 0 Å². The van der Waals surface area contributed by atoms with Gasteiger partial charge in [-0.1, -0.05) is 6.92 Å². The van der Waals surface area contributed by atoms with Crippen LogP contribution in [0.3, 0.4) is 0 Å². The van der Waals surface area contributed by atoms with Crippen molar-refractivity contribution in [2.24, 2.45) is 4.99 Å². The van der Waals surface area contributed by atoms with Crippen molar-refractivity contribution in [2.45, 2.75) is 26.4 Å². The SMILES string of the molecule is CCc1nncn1CCNC(=NC)NCc1ccc(OC)c(OC)c1OC.I. The third-order valence-electron chi connectivity index (χ3n) is 4.11. The minimum Gasteiger partial charge on any atom is -0.493 e. The lowest BCUT2D eigenvalue weighted by atomic mass is 10.1. The summed E-state index contributed by atoms with van der Waals surface area (Å²) in [5.41, 5.74) is 0.935. The van der Waals surface area contributed by atoms with Gasteiger partial charge in [0.1, 0.15) is 12.2 Å². The Morgan fingerprint density at radius 2 is 1.86 bits per heavy atom. The number of guanidine groups is 1. The highest BCUT2D eigenvalue weighted by Gasteiger charge is 2.15. The van der Waals surface area contributed by atoms with Gasteiger partial charge in [0, 0.05) is 38.7 Å². The number of nitrogens with zero attached hydrogens (tertiary/aromatic N) is 4. The fourth-order valence-electron chi connectivity index (χ4n) is 2.74. The summed E-state index contributed by atoms with van der Waals surface area (Å²) in [4.78, 5) is 4.25. The molecule has 0 aliphatic carbocycles. The highest BCUT2D eigenvalue weighted by molar-refractivity contribution is 14.0. The Kier molecular flexibility index (Phi) is 10.4. The molecule has 0 atom stereocenters. The zero-order chi connectivity index (χ0) is 19.6. The topological polar surface area (TPSA) is 94.8 Å². The summed E-state index contributed by atoms with van der Waals surface area (Å²) in [6.45, 7) is 4.05. The minimum absolute atomic E-state index is 0. The summed E-state index contributed by atoms with van der Waals surface area (Å²) in [5, 5.41) is 14.6. The Bertz CT molecular complexity index is 766. The summed E-state index contributed by atoms with van der Waals surface area (Å²) in [6.07, 6.45) is 2.59. The molecular weight excluding hydrogens is 475 g/mol. The van der Waals surface area contributed by atoms with Gasteiger partial charge in [-0.25, -0.2) is 0 Å². The van der Waals surface area contributed by atoms with Crippen LogP contribution < -0.4 is 24.8 Å². The van der Waals surface area contributed by atoms with Crippen LogP contribution in [0.4, 0.5) is 0 Å². The van der Waals surface area contributed by atoms with E-state index in [9.17, 15) is 0 Å². The Hall–Kier alpha value is -2.24. The lowest BCUT2D eigenvalue weighted by Crippen LogP contribution is -2.38. The Labute approximate surface area is 182 Å². The van der Waals surface area contributed by atoms with Gasteiger partial charge in [0.2, 0.25) is 5.75 Å². The van der Waals surface area contributed by atoms with Crippen LogP contribution >= 0.6 is 24.0 Å². The zero-order valence-electron chi connectivity index (χ0n) is 17.0. The molecule has 0 amide bonds. The van der Waals surface area contributed by atoms with Crippen molar-refractivity contribution in [3.05, 3.63) is 29.8 Å². The lowest BCUT2D eigenvalue weighted by molar-refractivity contribution is 0.322. The highest BCUT2D eigenvalue weighted by Crippen LogP contribution is 2.39. The first kappa shape index (κ1) is 23.8. The number of aromatic nitrogens is 3. The van der Waals surface area contributed by atoms with Crippen molar-refractivity contribution < 1.29 is 14.2 Å². The molecule has 0 saturated heterocycles. The zero-order valence-corrected chi connectivity index (χ0v) is 19.3. The molecule has 1 aromatic heterocycles. The first-order valence-electron chi connectivity index (χ1n) is 8.77. The minimum atomic E-state index is 0. The molecule has 2 rings (SSSR count). The molecule has 0 aliphatic rings. The Morgan fingerprint density at radius 3 is 2.46 bits per heavy atom. The van der Waals surface area contributed by atoms with E-state index in [1.165, 1.54) is 0 Å². The van der Waals surface area contributed by atoms with Crippen molar-refractivity contribution >= 4 is 29.9 Å². The van der Waals surface area contributed by atoms with E-state index < -0.39 is 0 Å². The molecule has 0 saturated carbocycles. The van der Waals surface area contributed by atoms with E-state index in [2.05, 4.69) is 32.7 Å². The van der Waals surface area contributed by atoms with Gasteiger partial charge >= 0.3 is 0 Å². The summed E-state index contributed by atoms with van der Waals surface area (Å²) < 4.78 is 18.3. The van der Waals surface area contributed by atoms with E-state index >= 15 is 0 Å². The molecule has 2 N–H and O–H groups in total. The number of halogens is 1. The Morgan fingerprint density at radius 1 is 1.11 bits per heavy atom. The molecule has 2 aromatic rings. The number of hydrogen-bond donors (Lipinski definition) is 2. The molecule has 0 radical (unpaired) electrons. The van der Waals surface area contributed by atoms with E-state index in [-0.39, 0.29) is 24.0 Å². The van der Waals surface area contributed by atoms with E-state index in [0.29, 0.717) is 36.3 Å². The summed E-state index contributed by atoms with van der Waals surface area (Å²) >= 11 is 0. The first-order valence-corrected chi connectivity index (χ1v) is 8.77. The third kappa shape index (κ3) is 5.88. The van der Waals surface area contributed by atoms with E-state index in [1.807, 2.05) is 16.7 Å². The van der Waals surface area contributed by atoms with E-state index in [0.717, 1.165) is 24.4 Å². The largest absolute Gasteiger partial charge is 0.493 e. The van der Waals surface area contributed by atoms with Crippen LogP contribution in [0.15, 0.2) is 23.5 Å². The van der Waals surface area contributed by atoms with Crippen molar-refractivity contribution in [2.75, 3.05) is 34.9 Å². The van der Waals surface area contributed by atoms with E-state index in [1.54, 1.807) is 34.7 Å². The molecule has 0 bridgehead atoms. The molecular formula is C18H29IN6O3. The van der Waals surface area contributed by atoms with Crippen molar-refractivity contribution in [1.82, 2.24) is 25.4 Å². The second-order valence-corrected chi connectivity index (χ2v) is 5.64. The molecule has 156 valence electrons. The molecule has 0 aliphatic heterocycles. The normalized spacial score (nSPS) is 10.8. The molecule has 1 aromatic carbocycles. The number of rotatable bonds is 9. The molecule has 0 spiro atoms. The maximum Gasteiger partial charge on any atom is 0.203 e. The number of methoxy groups -OCH3 is 3.